The van der Waals surface area contributed by atoms with Gasteiger partial charge >= 0.3 is 106 Å². The molecule has 577 valence electrons. The van der Waals surface area contributed by atoms with Gasteiger partial charge in [-0.3, -0.25) is 14.7 Å². The molecule has 0 N–H and O–H groups in total. The van der Waals surface area contributed by atoms with Gasteiger partial charge in [-0.2, -0.15) is 55.7 Å². The van der Waals surface area contributed by atoms with E-state index in [1.165, 1.54) is 114 Å². The first kappa shape index (κ1) is 100. The third kappa shape index (κ3) is 29.8. The number of hydrogen-bond donors (Lipinski definition) is 0. The Balaban J connectivity index is 0.000000439. The topological polar surface area (TPSA) is 52.0 Å². The molecule has 0 aromatic heterocycles. The van der Waals surface area contributed by atoms with Crippen molar-refractivity contribution in [2.75, 3.05) is 39.3 Å². The average Bonchev–Trinajstić information content (AvgIpc) is 1.62. The smallest absolute Gasteiger partial charge is 0.660 e. The molecular formula is C94H141ErLaN6Si3Y. The Labute approximate surface area is 738 Å². The average molecular weight is 1830 g/mol. The molecule has 6 aliphatic carbocycles. The molecule has 9 aliphatic rings. The fourth-order valence-electron chi connectivity index (χ4n) is 18.6. The summed E-state index contributed by atoms with van der Waals surface area (Å²) in [5.41, 5.74) is 10.6. The number of fused-ring (bicyclic) bond motifs is 3. The summed E-state index contributed by atoms with van der Waals surface area (Å²) in [6.07, 6.45) is 51.2. The SMILES string of the molecule is C=Cc1ccccc1[CH2-].CC(C)(C)[N-][Si](C)(C)C1CC(N2CCCC2)C2C=CC=CC21.CC(C)(C)[N-][Si](C)(C)C1CC(N2CCCC2)C2C=CC=CC21.CC(C)(C)[N-][Si](C)(C)C1CC(N2CCCC2)C2C=CC=CC21.[CH2-]c1ccccc1/C=C\C.[CH2-]c1ccccc1/C=C\c1ccccc1.[CH3-].[CH3-].[CH3-].[Er+3].[La+3].[Y+3]. The van der Waals surface area contributed by atoms with E-state index >= 15 is 0 Å². The summed E-state index contributed by atoms with van der Waals surface area (Å²) in [5, 5.41) is 0. The fraction of sp³-hybridized carbons (Fsp3) is 0.489. The van der Waals surface area contributed by atoms with Gasteiger partial charge in [-0.05, 0) is 145 Å². The standard InChI is InChI=1S/3C19H33N2Si.C15H13.C10H11.C9H9.3CH3.Er.La.Y/c3*1-19(2,3)20-22(4,5)18-14-17(21-12-8-9-13-21)15-10-6-7-11-16(15)18;1-13-7-5-6-10-15(13)12-11-14-8-3-2-4-9-14;1-3-6-10-8-5-4-7-9(10)2;1-3-9-7-5-4-6-8(9)2;;;;;;/h3*6-7,10-11,15-18H,8-9,12-14H2,1-5H3;2-12H,1H2;3-8H,2H2,1H3;3-7H,1-2H2;3*1H3;;;/q9*-1;3*+3/b;;;12-11-;6-3-;;;;;;;. The Hall–Kier alpha value is -1.89. The molecule has 6 nitrogen and oxygen atoms in total. The van der Waals surface area contributed by atoms with Crippen molar-refractivity contribution in [3.8, 4) is 0 Å². The zero-order valence-electron chi connectivity index (χ0n) is 69.6. The number of nitrogens with zero attached hydrogens (tertiary/aromatic N) is 6. The second kappa shape index (κ2) is 46.5. The van der Waals surface area contributed by atoms with Crippen LogP contribution in [0.1, 0.15) is 166 Å². The second-order valence-electron chi connectivity index (χ2n) is 34.6. The number of likely N-dealkylation sites (tertiary alicyclic amines) is 3. The number of allylic oxidation sites excluding steroid dienone is 10. The van der Waals surface area contributed by atoms with E-state index in [2.05, 4.69) is 259 Å². The van der Waals surface area contributed by atoms with Crippen LogP contribution in [0.3, 0.4) is 0 Å². The Morgan fingerprint density at radius 3 is 0.896 bits per heavy atom. The predicted octanol–water partition coefficient (Wildman–Crippen LogP) is 25.7. The van der Waals surface area contributed by atoms with Crippen LogP contribution in [0.2, 0.25) is 55.9 Å². The first-order valence-electron chi connectivity index (χ1n) is 38.6. The molecule has 3 aliphatic heterocycles. The monoisotopic (exact) mass is 1830 g/mol. The minimum Gasteiger partial charge on any atom is -0.660 e. The van der Waals surface area contributed by atoms with Gasteiger partial charge in [0.25, 0.3) is 0 Å². The Morgan fingerprint density at radius 2 is 0.642 bits per heavy atom. The molecule has 4 aromatic carbocycles. The van der Waals surface area contributed by atoms with E-state index in [1.54, 1.807) is 0 Å². The minimum absolute atomic E-state index is 0. The van der Waals surface area contributed by atoms with E-state index in [0.29, 0.717) is 0 Å². The van der Waals surface area contributed by atoms with Crippen LogP contribution >= 0.6 is 0 Å². The largest absolute Gasteiger partial charge is 3.00 e. The summed E-state index contributed by atoms with van der Waals surface area (Å²) in [6.45, 7) is 60.6. The van der Waals surface area contributed by atoms with Crippen molar-refractivity contribution < 1.29 is 106 Å². The maximum Gasteiger partial charge on any atom is 3.00 e. The van der Waals surface area contributed by atoms with Gasteiger partial charge in [-0.1, -0.05) is 277 Å². The van der Waals surface area contributed by atoms with Gasteiger partial charge in [0.05, 0.1) is 0 Å². The third-order valence-corrected chi connectivity index (χ3v) is 33.3. The first-order chi connectivity index (χ1) is 47.4. The normalized spacial score (nSPS) is 25.7. The van der Waals surface area contributed by atoms with E-state index in [0.717, 1.165) is 92.5 Å². The van der Waals surface area contributed by atoms with Gasteiger partial charge in [0.1, 0.15) is 0 Å². The molecule has 3 saturated heterocycles. The van der Waals surface area contributed by atoms with Crippen molar-refractivity contribution in [1.29, 1.82) is 0 Å². The number of hydrogen-bond acceptors (Lipinski definition) is 3. The van der Waals surface area contributed by atoms with Gasteiger partial charge in [-0.15, -0.1) is 94.5 Å². The molecule has 0 spiro atoms. The summed E-state index contributed by atoms with van der Waals surface area (Å²) < 4.78 is 0. The Kier molecular flexibility index (Phi) is 43.9. The van der Waals surface area contributed by atoms with Crippen LogP contribution in [-0.2, 0) is 32.7 Å². The predicted molar refractivity (Wildman–Crippen MR) is 469 cm³/mol. The molecular weight excluding hydrogens is 1690 g/mol. The Bertz CT molecular complexity index is 3240. The van der Waals surface area contributed by atoms with Gasteiger partial charge in [0.2, 0.25) is 0 Å². The van der Waals surface area contributed by atoms with Crippen LogP contribution in [-0.4, -0.2) is 113 Å². The van der Waals surface area contributed by atoms with Crippen molar-refractivity contribution >= 4 is 49.0 Å². The van der Waals surface area contributed by atoms with E-state index in [4.69, 9.17) is 14.9 Å². The first-order valence-corrected chi connectivity index (χ1v) is 47.7. The van der Waals surface area contributed by atoms with Crippen LogP contribution in [0, 0.1) is 151 Å². The molecule has 1 radical (unpaired) electrons. The quantitative estimate of drug-likeness (QED) is 0.0761. The van der Waals surface area contributed by atoms with Crippen LogP contribution in [0.4, 0.5) is 0 Å². The maximum atomic E-state index is 5.34. The molecule has 0 bridgehead atoms. The summed E-state index contributed by atoms with van der Waals surface area (Å²) in [4.78, 5) is 24.4. The third-order valence-electron chi connectivity index (χ3n) is 22.3. The van der Waals surface area contributed by atoms with Crippen molar-refractivity contribution in [2.24, 2.45) is 35.5 Å². The van der Waals surface area contributed by atoms with Crippen molar-refractivity contribution in [1.82, 2.24) is 14.7 Å². The van der Waals surface area contributed by atoms with Crippen molar-refractivity contribution in [2.45, 2.75) is 218 Å². The Morgan fingerprint density at radius 1 is 0.387 bits per heavy atom. The van der Waals surface area contributed by atoms with Crippen molar-refractivity contribution in [3.63, 3.8) is 0 Å². The summed E-state index contributed by atoms with van der Waals surface area (Å²) in [5.74, 6) is 4.37. The van der Waals surface area contributed by atoms with Gasteiger partial charge in [-0.25, -0.2) is 0 Å². The van der Waals surface area contributed by atoms with Crippen LogP contribution in [0.25, 0.3) is 39.3 Å². The van der Waals surface area contributed by atoms with Crippen LogP contribution < -0.4 is 0 Å². The molecule has 106 heavy (non-hydrogen) atoms. The van der Waals surface area contributed by atoms with E-state index in [9.17, 15) is 0 Å². The molecule has 13 rings (SSSR count). The van der Waals surface area contributed by atoms with Crippen LogP contribution in [0.5, 0.6) is 0 Å². The molecule has 12 atom stereocenters. The molecule has 4 aromatic rings. The van der Waals surface area contributed by atoms with Gasteiger partial charge in [0.15, 0.2) is 0 Å². The van der Waals surface area contributed by atoms with E-state index in [1.807, 2.05) is 97.9 Å². The zero-order valence-corrected chi connectivity index (χ0v) is 80.9. The second-order valence-corrected chi connectivity index (χ2v) is 47.4. The van der Waals surface area contributed by atoms with Crippen LogP contribution in [0.15, 0.2) is 189 Å². The maximum absolute atomic E-state index is 5.34. The van der Waals surface area contributed by atoms with Gasteiger partial charge in [0, 0.05) is 18.1 Å². The number of benzene rings is 4. The zero-order chi connectivity index (χ0) is 72.5. The van der Waals surface area contributed by atoms with E-state index < -0.39 is 24.7 Å². The number of rotatable bonds is 13. The molecule has 12 unspecified atom stereocenters. The molecule has 3 heterocycles. The summed E-state index contributed by atoms with van der Waals surface area (Å²) >= 11 is 0. The molecule has 0 amide bonds. The molecule has 6 fully saturated rings. The van der Waals surface area contributed by atoms with Gasteiger partial charge < -0.3 is 37.2 Å². The van der Waals surface area contributed by atoms with E-state index in [-0.39, 0.29) is 145 Å². The molecule has 3 saturated carbocycles. The fourth-order valence-corrected chi connectivity index (χ4v) is 30.5. The summed E-state index contributed by atoms with van der Waals surface area (Å²) in [6, 6.07) is 36.7. The summed E-state index contributed by atoms with van der Waals surface area (Å²) in [7, 11) is -4.78. The van der Waals surface area contributed by atoms with Crippen molar-refractivity contribution in [3.05, 3.63) is 286 Å². The minimum atomic E-state index is -1.59. The molecule has 12 heteroatoms.